The van der Waals surface area contributed by atoms with Crippen molar-refractivity contribution in [2.24, 2.45) is 0 Å². The number of hydrogen-bond acceptors (Lipinski definition) is 4. The van der Waals surface area contributed by atoms with E-state index >= 15 is 0 Å². The predicted octanol–water partition coefficient (Wildman–Crippen LogP) is 4.43. The lowest BCUT2D eigenvalue weighted by molar-refractivity contribution is 0.104. The highest BCUT2D eigenvalue weighted by Gasteiger charge is 2.24. The van der Waals surface area contributed by atoms with Crippen molar-refractivity contribution in [1.29, 1.82) is 0 Å². The van der Waals surface area contributed by atoms with Crippen LogP contribution in [0.25, 0.3) is 10.9 Å². The molecule has 0 fully saturated rings. The van der Waals surface area contributed by atoms with Gasteiger partial charge in [0.2, 0.25) is 0 Å². The van der Waals surface area contributed by atoms with Gasteiger partial charge in [0.25, 0.3) is 10.0 Å². The number of carbonyl (C=O) groups excluding carboxylic acids is 1. The minimum Gasteiger partial charge on any atom is -0.497 e. The molecule has 0 aliphatic rings. The zero-order chi connectivity index (χ0) is 20.6. The van der Waals surface area contributed by atoms with Gasteiger partial charge in [-0.15, -0.1) is 0 Å². The molecule has 4 aromatic rings. The van der Waals surface area contributed by atoms with Gasteiger partial charge in [-0.2, -0.15) is 0 Å². The smallest absolute Gasteiger partial charge is 0.268 e. The van der Waals surface area contributed by atoms with Crippen LogP contribution in [0.3, 0.4) is 0 Å². The van der Waals surface area contributed by atoms with Gasteiger partial charge in [-0.25, -0.2) is 12.4 Å². The maximum Gasteiger partial charge on any atom is 0.268 e. The quantitative estimate of drug-likeness (QED) is 0.461. The molecule has 0 aliphatic carbocycles. The van der Waals surface area contributed by atoms with Crippen molar-refractivity contribution in [2.75, 3.05) is 7.11 Å². The van der Waals surface area contributed by atoms with E-state index in [1.54, 1.807) is 66.7 Å². The fourth-order valence-electron chi connectivity index (χ4n) is 3.26. The molecule has 0 saturated carbocycles. The maximum absolute atomic E-state index is 13.3. The molecule has 146 valence electrons. The molecule has 0 aliphatic heterocycles. The molecule has 3 aromatic carbocycles. The summed E-state index contributed by atoms with van der Waals surface area (Å²) in [6, 6.07) is 20.4. The molecular weight excluding hydrogens is 386 g/mol. The number of aryl methyl sites for hydroxylation is 1. The van der Waals surface area contributed by atoms with Crippen LogP contribution in [0.1, 0.15) is 21.5 Å². The number of rotatable bonds is 5. The second kappa shape index (κ2) is 7.22. The van der Waals surface area contributed by atoms with E-state index in [2.05, 4.69) is 0 Å². The van der Waals surface area contributed by atoms with Crippen molar-refractivity contribution in [3.8, 4) is 5.75 Å². The third-order valence-electron chi connectivity index (χ3n) is 4.84. The van der Waals surface area contributed by atoms with Crippen molar-refractivity contribution in [3.05, 3.63) is 95.7 Å². The first-order valence-electron chi connectivity index (χ1n) is 9.03. The minimum absolute atomic E-state index is 0.162. The summed E-state index contributed by atoms with van der Waals surface area (Å²) in [5.74, 6) is 0.298. The Morgan fingerprint density at radius 3 is 2.28 bits per heavy atom. The van der Waals surface area contributed by atoms with Crippen LogP contribution in [0.15, 0.2) is 83.9 Å². The average Bonchev–Trinajstić information content (AvgIpc) is 3.13. The van der Waals surface area contributed by atoms with Crippen molar-refractivity contribution >= 4 is 26.7 Å². The predicted molar refractivity (Wildman–Crippen MR) is 112 cm³/mol. The average molecular weight is 405 g/mol. The van der Waals surface area contributed by atoms with Crippen LogP contribution in [0.2, 0.25) is 0 Å². The van der Waals surface area contributed by atoms with E-state index in [1.165, 1.54) is 17.3 Å². The fraction of sp³-hybridized carbons (Fsp3) is 0.0870. The fourth-order valence-corrected chi connectivity index (χ4v) is 4.62. The van der Waals surface area contributed by atoms with Crippen molar-refractivity contribution in [3.63, 3.8) is 0 Å². The van der Waals surface area contributed by atoms with E-state index in [-0.39, 0.29) is 10.7 Å². The first kappa shape index (κ1) is 19.0. The monoisotopic (exact) mass is 405 g/mol. The Bertz CT molecular complexity index is 1300. The third kappa shape index (κ3) is 3.32. The summed E-state index contributed by atoms with van der Waals surface area (Å²) in [7, 11) is -2.35. The van der Waals surface area contributed by atoms with Crippen LogP contribution in [0.5, 0.6) is 5.75 Å². The molecule has 0 bridgehead atoms. The van der Waals surface area contributed by atoms with Gasteiger partial charge in [0.15, 0.2) is 5.78 Å². The van der Waals surface area contributed by atoms with Gasteiger partial charge in [0, 0.05) is 22.7 Å². The van der Waals surface area contributed by atoms with Crippen molar-refractivity contribution < 1.29 is 17.9 Å². The summed E-state index contributed by atoms with van der Waals surface area (Å²) < 4.78 is 33.1. The van der Waals surface area contributed by atoms with Gasteiger partial charge in [-0.3, -0.25) is 4.79 Å². The summed E-state index contributed by atoms with van der Waals surface area (Å²) in [4.78, 5) is 13.3. The Morgan fingerprint density at radius 2 is 1.62 bits per heavy atom. The molecule has 0 N–H and O–H groups in total. The molecule has 0 spiro atoms. The van der Waals surface area contributed by atoms with Gasteiger partial charge in [0.1, 0.15) is 5.75 Å². The van der Waals surface area contributed by atoms with E-state index < -0.39 is 10.0 Å². The molecular formula is C23H19NO4S. The van der Waals surface area contributed by atoms with Crippen LogP contribution < -0.4 is 4.74 Å². The van der Waals surface area contributed by atoms with Crippen molar-refractivity contribution in [1.82, 2.24) is 3.97 Å². The number of ether oxygens (including phenoxy) is 1. The van der Waals surface area contributed by atoms with Crippen LogP contribution in [0.4, 0.5) is 0 Å². The molecule has 1 aromatic heterocycles. The van der Waals surface area contributed by atoms with Gasteiger partial charge >= 0.3 is 0 Å². The van der Waals surface area contributed by atoms with Crippen LogP contribution in [-0.4, -0.2) is 25.3 Å². The number of carbonyl (C=O) groups is 1. The highest BCUT2D eigenvalue weighted by molar-refractivity contribution is 7.90. The Morgan fingerprint density at radius 1 is 0.931 bits per heavy atom. The lowest BCUT2D eigenvalue weighted by Gasteiger charge is -2.08. The van der Waals surface area contributed by atoms with E-state index in [0.717, 1.165) is 5.56 Å². The zero-order valence-corrected chi connectivity index (χ0v) is 16.8. The molecule has 0 saturated heterocycles. The Labute approximate surface area is 169 Å². The van der Waals surface area contributed by atoms with Gasteiger partial charge in [0.05, 0.1) is 17.5 Å². The SMILES string of the molecule is COc1ccc2c(c1)c(C(=O)c1ccccc1)cn2S(=O)(=O)c1ccc(C)cc1. The normalized spacial score (nSPS) is 11.5. The Kier molecular flexibility index (Phi) is 4.72. The van der Waals surface area contributed by atoms with E-state index in [1.807, 2.05) is 13.0 Å². The molecule has 5 nitrogen and oxygen atoms in total. The number of benzene rings is 3. The second-order valence-electron chi connectivity index (χ2n) is 6.73. The molecule has 0 unspecified atom stereocenters. The first-order valence-corrected chi connectivity index (χ1v) is 10.5. The molecule has 0 amide bonds. The summed E-state index contributed by atoms with van der Waals surface area (Å²) in [6.45, 7) is 1.89. The third-order valence-corrected chi connectivity index (χ3v) is 6.52. The molecule has 4 rings (SSSR count). The Hall–Kier alpha value is -3.38. The van der Waals surface area contributed by atoms with E-state index in [0.29, 0.717) is 27.8 Å². The van der Waals surface area contributed by atoms with Crippen LogP contribution in [0, 0.1) is 6.92 Å². The Balaban J connectivity index is 1.96. The maximum atomic E-state index is 13.3. The van der Waals surface area contributed by atoms with Gasteiger partial charge < -0.3 is 4.74 Å². The van der Waals surface area contributed by atoms with Gasteiger partial charge in [-0.05, 0) is 37.3 Å². The molecule has 6 heteroatoms. The topological polar surface area (TPSA) is 65.4 Å². The van der Waals surface area contributed by atoms with Crippen LogP contribution >= 0.6 is 0 Å². The first-order chi connectivity index (χ1) is 13.9. The summed E-state index contributed by atoms with van der Waals surface area (Å²) in [5, 5.41) is 0.522. The van der Waals surface area contributed by atoms with Crippen LogP contribution in [-0.2, 0) is 10.0 Å². The second-order valence-corrected chi connectivity index (χ2v) is 8.55. The number of fused-ring (bicyclic) bond motifs is 1. The van der Waals surface area contributed by atoms with Gasteiger partial charge in [-0.1, -0.05) is 48.0 Å². The molecule has 1 heterocycles. The highest BCUT2D eigenvalue weighted by Crippen LogP contribution is 2.30. The molecule has 0 atom stereocenters. The summed E-state index contributed by atoms with van der Waals surface area (Å²) in [5.41, 5.74) is 2.18. The van der Waals surface area contributed by atoms with E-state index in [9.17, 15) is 13.2 Å². The summed E-state index contributed by atoms with van der Waals surface area (Å²) in [6.07, 6.45) is 1.40. The molecule has 0 radical (unpaired) electrons. The zero-order valence-electron chi connectivity index (χ0n) is 16.0. The summed E-state index contributed by atoms with van der Waals surface area (Å²) >= 11 is 0. The van der Waals surface area contributed by atoms with E-state index in [4.69, 9.17) is 4.74 Å². The number of aromatic nitrogens is 1. The number of hydrogen-bond donors (Lipinski definition) is 0. The molecule has 29 heavy (non-hydrogen) atoms. The largest absolute Gasteiger partial charge is 0.497 e. The lowest BCUT2D eigenvalue weighted by Crippen LogP contribution is -2.12. The standard InChI is InChI=1S/C23H19NO4S/c1-16-8-11-19(12-9-16)29(26,27)24-15-21(23(25)17-6-4-3-5-7-17)20-14-18(28-2)10-13-22(20)24/h3-15H,1-2H3. The lowest BCUT2D eigenvalue weighted by atomic mass is 10.0. The highest BCUT2D eigenvalue weighted by atomic mass is 32.2. The minimum atomic E-state index is -3.87. The number of ketones is 1. The van der Waals surface area contributed by atoms with Crippen molar-refractivity contribution in [2.45, 2.75) is 11.8 Å². The number of methoxy groups -OCH3 is 1. The number of nitrogens with zero attached hydrogens (tertiary/aromatic N) is 1.